The van der Waals surface area contributed by atoms with E-state index >= 15 is 0 Å². The summed E-state index contributed by atoms with van der Waals surface area (Å²) in [4.78, 5) is 56.7. The lowest BCUT2D eigenvalue weighted by Crippen LogP contribution is -2.51. The number of hydrogen-bond donors (Lipinski definition) is 1. The minimum absolute atomic E-state index is 0.160. The van der Waals surface area contributed by atoms with E-state index in [9.17, 15) is 24.5 Å². The Morgan fingerprint density at radius 1 is 0.907 bits per heavy atom. The number of non-ortho nitro benzene ring substituents is 1. The van der Waals surface area contributed by atoms with Crippen LogP contribution in [0.15, 0.2) is 103 Å². The van der Waals surface area contributed by atoms with Crippen molar-refractivity contribution in [3.63, 3.8) is 0 Å². The fourth-order valence-corrected chi connectivity index (χ4v) is 7.36. The van der Waals surface area contributed by atoms with Crippen LogP contribution >= 0.6 is 11.6 Å². The van der Waals surface area contributed by atoms with Gasteiger partial charge in [0.15, 0.2) is 11.6 Å². The molecular formula is C34H24ClN3O5. The Labute approximate surface area is 251 Å². The Balaban J connectivity index is 1.54. The number of ketones is 2. The molecule has 0 radical (unpaired) electrons. The molecule has 0 aromatic heterocycles. The lowest BCUT2D eigenvalue weighted by molar-refractivity contribution is -0.384. The molecule has 0 saturated carbocycles. The molecular weight excluding hydrogens is 566 g/mol. The second-order valence-corrected chi connectivity index (χ2v) is 11.4. The van der Waals surface area contributed by atoms with E-state index in [1.54, 1.807) is 30.3 Å². The number of anilines is 2. The van der Waals surface area contributed by atoms with Crippen LogP contribution in [0.3, 0.4) is 0 Å². The number of rotatable bonds is 5. The Kier molecular flexibility index (Phi) is 6.07. The second-order valence-electron chi connectivity index (χ2n) is 11.0. The lowest BCUT2D eigenvalue weighted by atomic mass is 9.64. The maximum absolute atomic E-state index is 14.9. The van der Waals surface area contributed by atoms with Crippen molar-refractivity contribution in [1.29, 1.82) is 0 Å². The van der Waals surface area contributed by atoms with E-state index in [1.807, 2.05) is 60.4 Å². The van der Waals surface area contributed by atoms with Crippen LogP contribution in [0.5, 0.6) is 0 Å². The van der Waals surface area contributed by atoms with E-state index in [0.29, 0.717) is 11.3 Å². The molecule has 4 aromatic rings. The summed E-state index contributed by atoms with van der Waals surface area (Å²) >= 11 is 6.58. The Bertz CT molecular complexity index is 1900. The van der Waals surface area contributed by atoms with Gasteiger partial charge in [-0.1, -0.05) is 66.2 Å². The predicted molar refractivity (Wildman–Crippen MR) is 164 cm³/mol. The fourth-order valence-electron chi connectivity index (χ4n) is 7.13. The SMILES string of the molecule is CC1=C[C@@H]2N(c3ccccc31)[C@@H](C(=O)c1ccc([N+](=O)[O-])cc1)[C@@H](C(=O)c1ccccc1Cl)[C@]21C(=O)Nc2ccccc21. The monoisotopic (exact) mass is 589 g/mol. The van der Waals surface area contributed by atoms with Crippen LogP contribution in [0.2, 0.25) is 5.02 Å². The second kappa shape index (κ2) is 9.74. The van der Waals surface area contributed by atoms with Crippen LogP contribution in [0.25, 0.3) is 5.57 Å². The fraction of sp³-hybridized carbons (Fsp3) is 0.147. The van der Waals surface area contributed by atoms with Gasteiger partial charge in [-0.3, -0.25) is 24.5 Å². The number of Topliss-reactive ketones (excluding diaryl/α,β-unsaturated/α-hetero) is 2. The van der Waals surface area contributed by atoms with Crippen molar-refractivity contribution in [2.45, 2.75) is 24.4 Å². The maximum Gasteiger partial charge on any atom is 0.269 e. The molecule has 8 nitrogen and oxygen atoms in total. The molecule has 212 valence electrons. The highest BCUT2D eigenvalue weighted by atomic mass is 35.5. The van der Waals surface area contributed by atoms with Crippen LogP contribution in [0, 0.1) is 16.0 Å². The van der Waals surface area contributed by atoms with Gasteiger partial charge in [-0.2, -0.15) is 0 Å². The first-order chi connectivity index (χ1) is 20.7. The quantitative estimate of drug-likeness (QED) is 0.162. The van der Waals surface area contributed by atoms with Gasteiger partial charge in [0.2, 0.25) is 5.91 Å². The summed E-state index contributed by atoms with van der Waals surface area (Å²) in [5.41, 5.74) is 2.49. The van der Waals surface area contributed by atoms with Crippen molar-refractivity contribution in [2.24, 2.45) is 5.92 Å². The highest BCUT2D eigenvalue weighted by Crippen LogP contribution is 2.59. The molecule has 1 spiro atoms. The maximum atomic E-state index is 14.9. The zero-order valence-corrected chi connectivity index (χ0v) is 23.6. The van der Waals surface area contributed by atoms with E-state index < -0.39 is 39.9 Å². The topological polar surface area (TPSA) is 110 Å². The number of nitrogens with one attached hydrogen (secondary N) is 1. The third kappa shape index (κ3) is 3.73. The molecule has 0 bridgehead atoms. The number of carbonyl (C=O) groups is 3. The van der Waals surface area contributed by atoms with Crippen LogP contribution in [0.4, 0.5) is 17.1 Å². The van der Waals surface area contributed by atoms with Gasteiger partial charge >= 0.3 is 0 Å². The normalized spacial score (nSPS) is 23.2. The number of amides is 1. The van der Waals surface area contributed by atoms with Gasteiger partial charge in [-0.25, -0.2) is 0 Å². The third-order valence-electron chi connectivity index (χ3n) is 8.94. The molecule has 1 amide bonds. The number of halogens is 1. The molecule has 7 rings (SSSR count). The minimum Gasteiger partial charge on any atom is -0.352 e. The molecule has 0 aliphatic carbocycles. The van der Waals surface area contributed by atoms with E-state index in [-0.39, 0.29) is 27.7 Å². The number of fused-ring (bicyclic) bond motifs is 6. The number of para-hydroxylation sites is 2. The number of carbonyl (C=O) groups excluding carboxylic acids is 3. The van der Waals surface area contributed by atoms with E-state index in [1.165, 1.54) is 24.3 Å². The van der Waals surface area contributed by atoms with Crippen LogP contribution in [-0.2, 0) is 10.2 Å². The largest absolute Gasteiger partial charge is 0.352 e. The highest BCUT2D eigenvalue weighted by molar-refractivity contribution is 6.34. The highest BCUT2D eigenvalue weighted by Gasteiger charge is 2.70. The van der Waals surface area contributed by atoms with Crippen LogP contribution < -0.4 is 10.2 Å². The van der Waals surface area contributed by atoms with E-state index in [0.717, 1.165) is 16.8 Å². The molecule has 1 saturated heterocycles. The van der Waals surface area contributed by atoms with Crippen LogP contribution in [-0.4, -0.2) is 34.5 Å². The first-order valence-corrected chi connectivity index (χ1v) is 14.2. The molecule has 43 heavy (non-hydrogen) atoms. The molecule has 3 aliphatic rings. The zero-order valence-electron chi connectivity index (χ0n) is 22.9. The molecule has 4 aromatic carbocycles. The minimum atomic E-state index is -1.48. The van der Waals surface area contributed by atoms with Crippen molar-refractivity contribution in [3.05, 3.63) is 141 Å². The van der Waals surface area contributed by atoms with E-state index in [2.05, 4.69) is 5.32 Å². The molecule has 4 atom stereocenters. The smallest absolute Gasteiger partial charge is 0.269 e. The Hall–Kier alpha value is -5.08. The number of benzene rings is 4. The summed E-state index contributed by atoms with van der Waals surface area (Å²) in [6, 6.07) is 25.0. The zero-order chi connectivity index (χ0) is 30.0. The van der Waals surface area contributed by atoms with Gasteiger partial charge in [-0.05, 0) is 54.5 Å². The Morgan fingerprint density at radius 2 is 1.58 bits per heavy atom. The van der Waals surface area contributed by atoms with Gasteiger partial charge in [0.05, 0.1) is 21.9 Å². The molecule has 3 heterocycles. The molecule has 3 aliphatic heterocycles. The van der Waals surface area contributed by atoms with Crippen LogP contribution in [0.1, 0.15) is 38.8 Å². The average Bonchev–Trinajstić information content (AvgIpc) is 3.49. The molecule has 0 unspecified atom stereocenters. The summed E-state index contributed by atoms with van der Waals surface area (Å²) in [7, 11) is 0. The van der Waals surface area contributed by atoms with Crippen molar-refractivity contribution in [3.8, 4) is 0 Å². The third-order valence-corrected chi connectivity index (χ3v) is 9.27. The van der Waals surface area contributed by atoms with Crippen molar-refractivity contribution in [1.82, 2.24) is 0 Å². The summed E-state index contributed by atoms with van der Waals surface area (Å²) in [5.74, 6) is -2.44. The first-order valence-electron chi connectivity index (χ1n) is 13.8. The lowest BCUT2D eigenvalue weighted by Gasteiger charge is -2.39. The van der Waals surface area contributed by atoms with Gasteiger partial charge in [0, 0.05) is 40.2 Å². The Morgan fingerprint density at radius 3 is 2.33 bits per heavy atom. The predicted octanol–water partition coefficient (Wildman–Crippen LogP) is 6.49. The van der Waals surface area contributed by atoms with Crippen molar-refractivity contribution in [2.75, 3.05) is 10.2 Å². The van der Waals surface area contributed by atoms with Gasteiger partial charge in [0.25, 0.3) is 5.69 Å². The number of hydrogen-bond acceptors (Lipinski definition) is 6. The average molecular weight is 590 g/mol. The van der Waals surface area contributed by atoms with Gasteiger partial charge in [0.1, 0.15) is 11.5 Å². The molecule has 1 N–H and O–H groups in total. The molecule has 1 fully saturated rings. The number of nitro groups is 1. The van der Waals surface area contributed by atoms with Gasteiger partial charge < -0.3 is 10.2 Å². The standard InChI is InChI=1S/C34H24ClN3O5/c1-19-18-28-34(24-10-4-6-12-26(24)36-33(34)41)29(32(40)23-9-2-5-11-25(23)35)30(37(28)27-13-7-3-8-22(19)27)31(39)20-14-16-21(17-15-20)38(42)43/h2-18,28-30H,1H3,(H,36,41)/t28-,29-,30+,34+/m0/s1. The first kappa shape index (κ1) is 26.8. The summed E-state index contributed by atoms with van der Waals surface area (Å²) in [5, 5.41) is 14.6. The summed E-state index contributed by atoms with van der Waals surface area (Å²) < 4.78 is 0. The number of nitro benzene ring substituents is 1. The van der Waals surface area contributed by atoms with E-state index in [4.69, 9.17) is 11.6 Å². The summed E-state index contributed by atoms with van der Waals surface area (Å²) in [6.07, 6.45) is 1.97. The van der Waals surface area contributed by atoms with Crippen molar-refractivity contribution >= 4 is 51.7 Å². The number of allylic oxidation sites excluding steroid dienone is 1. The molecule has 9 heteroatoms. The number of nitrogens with zero attached hydrogens (tertiary/aromatic N) is 2. The summed E-state index contributed by atoms with van der Waals surface area (Å²) in [6.45, 7) is 1.96. The van der Waals surface area contributed by atoms with Crippen molar-refractivity contribution < 1.29 is 19.3 Å². The van der Waals surface area contributed by atoms with Gasteiger partial charge in [-0.15, -0.1) is 0 Å².